The molecule has 0 fully saturated rings. The molecule has 20 heavy (non-hydrogen) atoms. The van der Waals surface area contributed by atoms with Gasteiger partial charge in [0.05, 0.1) is 16.1 Å². The Hall–Kier alpha value is -1.44. The number of aliphatic carboxylic acids is 1. The fourth-order valence-corrected chi connectivity index (χ4v) is 2.14. The summed E-state index contributed by atoms with van der Waals surface area (Å²) in [5.41, 5.74) is -0.770. The summed E-state index contributed by atoms with van der Waals surface area (Å²) >= 11 is 6.03. The molecule has 2 N–H and O–H groups in total. The third kappa shape index (κ3) is 3.78. The molecule has 0 aromatic carbocycles. The number of rotatable bonds is 3. The predicted molar refractivity (Wildman–Crippen MR) is 81.1 cm³/mol. The SMILES string of the molecule is C#CC(C)(C)N1C=C(Cl)C=C(C(=O)O)C1NC(C)(C)C. The Balaban J connectivity index is 3.31. The Morgan fingerprint density at radius 3 is 2.40 bits per heavy atom. The second-order valence-corrected chi connectivity index (χ2v) is 6.76. The van der Waals surface area contributed by atoms with Crippen molar-refractivity contribution in [2.45, 2.75) is 51.9 Å². The Bertz CT molecular complexity index is 507. The van der Waals surface area contributed by atoms with Crippen molar-refractivity contribution in [3.8, 4) is 12.3 Å². The average Bonchev–Trinajstić information content (AvgIpc) is 2.28. The van der Waals surface area contributed by atoms with Gasteiger partial charge in [-0.3, -0.25) is 5.32 Å². The summed E-state index contributed by atoms with van der Waals surface area (Å²) in [4.78, 5) is 13.3. The van der Waals surface area contributed by atoms with E-state index in [1.165, 1.54) is 6.08 Å². The van der Waals surface area contributed by atoms with Crippen LogP contribution < -0.4 is 5.32 Å². The molecule has 0 spiro atoms. The van der Waals surface area contributed by atoms with E-state index in [-0.39, 0.29) is 11.1 Å². The van der Waals surface area contributed by atoms with Gasteiger partial charge in [-0.1, -0.05) is 17.5 Å². The standard InChI is InChI=1S/C15H21ClN2O2/c1-7-15(5,6)18-9-10(16)8-11(13(19)20)12(18)17-14(2,3)4/h1,8-9,12,17H,2-6H3,(H,19,20). The van der Waals surface area contributed by atoms with Crippen LogP contribution in [0.25, 0.3) is 0 Å². The van der Waals surface area contributed by atoms with Gasteiger partial charge in [0.1, 0.15) is 6.17 Å². The molecule has 0 radical (unpaired) electrons. The highest BCUT2D eigenvalue weighted by Gasteiger charge is 2.37. The van der Waals surface area contributed by atoms with E-state index in [4.69, 9.17) is 18.0 Å². The monoisotopic (exact) mass is 296 g/mol. The van der Waals surface area contributed by atoms with E-state index in [9.17, 15) is 9.90 Å². The van der Waals surface area contributed by atoms with Gasteiger partial charge < -0.3 is 10.0 Å². The summed E-state index contributed by atoms with van der Waals surface area (Å²) in [5.74, 6) is 1.65. The van der Waals surface area contributed by atoms with E-state index in [0.29, 0.717) is 5.03 Å². The van der Waals surface area contributed by atoms with Gasteiger partial charge in [-0.25, -0.2) is 4.79 Å². The third-order valence-corrected chi connectivity index (χ3v) is 3.15. The van der Waals surface area contributed by atoms with Crippen LogP contribution in [0.15, 0.2) is 22.9 Å². The molecule has 1 aliphatic heterocycles. The van der Waals surface area contributed by atoms with Crippen molar-refractivity contribution in [3.63, 3.8) is 0 Å². The molecular weight excluding hydrogens is 276 g/mol. The van der Waals surface area contributed by atoms with Crippen LogP contribution in [-0.2, 0) is 4.79 Å². The smallest absolute Gasteiger partial charge is 0.335 e. The molecule has 0 aromatic heterocycles. The third-order valence-electron chi connectivity index (χ3n) is 2.94. The maximum Gasteiger partial charge on any atom is 0.335 e. The minimum Gasteiger partial charge on any atom is -0.478 e. The van der Waals surface area contributed by atoms with Crippen LogP contribution in [0.3, 0.4) is 0 Å². The quantitative estimate of drug-likeness (QED) is 0.786. The number of carboxylic acid groups (broad SMARTS) is 1. The van der Waals surface area contributed by atoms with Crippen LogP contribution in [-0.4, -0.2) is 33.2 Å². The lowest BCUT2D eigenvalue weighted by atomic mass is 9.97. The van der Waals surface area contributed by atoms with Crippen molar-refractivity contribution in [2.75, 3.05) is 0 Å². The Morgan fingerprint density at radius 1 is 1.45 bits per heavy atom. The molecule has 1 aliphatic rings. The van der Waals surface area contributed by atoms with Gasteiger partial charge in [-0.15, -0.1) is 6.42 Å². The molecule has 110 valence electrons. The maximum atomic E-state index is 11.5. The number of hydrogen-bond acceptors (Lipinski definition) is 3. The van der Waals surface area contributed by atoms with Crippen LogP contribution in [0.1, 0.15) is 34.6 Å². The van der Waals surface area contributed by atoms with Crippen molar-refractivity contribution in [2.24, 2.45) is 0 Å². The van der Waals surface area contributed by atoms with Gasteiger partial charge >= 0.3 is 5.97 Å². The first-order valence-corrected chi connectivity index (χ1v) is 6.72. The zero-order chi connectivity index (χ0) is 15.7. The second kappa shape index (κ2) is 5.51. The molecule has 1 rings (SSSR count). The minimum absolute atomic E-state index is 0.177. The molecule has 1 atom stereocenters. The highest BCUT2D eigenvalue weighted by molar-refractivity contribution is 6.31. The number of hydrogen-bond donors (Lipinski definition) is 2. The molecule has 5 heteroatoms. The summed E-state index contributed by atoms with van der Waals surface area (Å²) in [6.45, 7) is 9.58. The fraction of sp³-hybridized carbons (Fsp3) is 0.533. The Morgan fingerprint density at radius 2 is 2.00 bits per heavy atom. The van der Waals surface area contributed by atoms with Crippen LogP contribution in [0, 0.1) is 12.3 Å². The normalized spacial score (nSPS) is 20.1. The van der Waals surface area contributed by atoms with Gasteiger partial charge in [-0.2, -0.15) is 0 Å². The van der Waals surface area contributed by atoms with E-state index < -0.39 is 17.7 Å². The van der Waals surface area contributed by atoms with Crippen molar-refractivity contribution in [1.82, 2.24) is 10.2 Å². The number of nitrogens with zero attached hydrogens (tertiary/aromatic N) is 1. The average molecular weight is 297 g/mol. The number of terminal acetylenes is 1. The molecule has 0 bridgehead atoms. The summed E-state index contributed by atoms with van der Waals surface area (Å²) in [7, 11) is 0. The van der Waals surface area contributed by atoms with Gasteiger partial charge in [0, 0.05) is 11.7 Å². The first-order valence-electron chi connectivity index (χ1n) is 6.34. The molecule has 0 aromatic rings. The van der Waals surface area contributed by atoms with E-state index >= 15 is 0 Å². The number of allylic oxidation sites excluding steroid dienone is 2. The topological polar surface area (TPSA) is 52.6 Å². The summed E-state index contributed by atoms with van der Waals surface area (Å²) in [5, 5.41) is 13.0. The van der Waals surface area contributed by atoms with Gasteiger partial charge in [0.15, 0.2) is 0 Å². The van der Waals surface area contributed by atoms with Crippen molar-refractivity contribution in [3.05, 3.63) is 22.9 Å². The molecule has 4 nitrogen and oxygen atoms in total. The number of halogens is 1. The number of nitrogens with one attached hydrogen (secondary N) is 1. The molecule has 0 saturated heterocycles. The largest absolute Gasteiger partial charge is 0.478 e. The van der Waals surface area contributed by atoms with Crippen molar-refractivity contribution < 1.29 is 9.90 Å². The second-order valence-electron chi connectivity index (χ2n) is 6.33. The lowest BCUT2D eigenvalue weighted by molar-refractivity contribution is -0.133. The predicted octanol–water partition coefficient (Wildman–Crippen LogP) is 2.52. The lowest BCUT2D eigenvalue weighted by Crippen LogP contribution is -2.59. The first-order chi connectivity index (χ1) is 8.98. The highest BCUT2D eigenvalue weighted by atomic mass is 35.5. The van der Waals surface area contributed by atoms with E-state index in [2.05, 4.69) is 11.2 Å². The van der Waals surface area contributed by atoms with E-state index in [1.54, 1.807) is 11.1 Å². The van der Waals surface area contributed by atoms with Crippen LogP contribution in [0.2, 0.25) is 0 Å². The molecule has 1 heterocycles. The zero-order valence-electron chi connectivity index (χ0n) is 12.5. The molecular formula is C15H21ClN2O2. The molecule has 1 unspecified atom stereocenters. The van der Waals surface area contributed by atoms with Crippen LogP contribution >= 0.6 is 11.6 Å². The Labute approximate surface area is 125 Å². The van der Waals surface area contributed by atoms with Crippen molar-refractivity contribution in [1.29, 1.82) is 0 Å². The maximum absolute atomic E-state index is 11.5. The van der Waals surface area contributed by atoms with Gasteiger partial charge in [-0.05, 0) is 40.7 Å². The van der Waals surface area contributed by atoms with E-state index in [1.807, 2.05) is 34.6 Å². The summed E-state index contributed by atoms with van der Waals surface area (Å²) in [6, 6.07) is 0. The highest BCUT2D eigenvalue weighted by Crippen LogP contribution is 2.29. The number of carbonyl (C=O) groups is 1. The van der Waals surface area contributed by atoms with Crippen LogP contribution in [0.5, 0.6) is 0 Å². The molecule has 0 amide bonds. The Kier molecular flexibility index (Phi) is 4.58. The first kappa shape index (κ1) is 16.6. The van der Waals surface area contributed by atoms with Gasteiger partial charge in [0.25, 0.3) is 0 Å². The molecule has 0 saturated carbocycles. The lowest BCUT2D eigenvalue weighted by Gasteiger charge is -2.45. The number of carboxylic acids is 1. The zero-order valence-corrected chi connectivity index (χ0v) is 13.2. The van der Waals surface area contributed by atoms with E-state index in [0.717, 1.165) is 0 Å². The minimum atomic E-state index is -1.02. The molecule has 0 aliphatic carbocycles. The summed E-state index contributed by atoms with van der Waals surface area (Å²) in [6.07, 6.45) is 8.16. The van der Waals surface area contributed by atoms with Gasteiger partial charge in [0.2, 0.25) is 0 Å². The summed E-state index contributed by atoms with van der Waals surface area (Å²) < 4.78 is 0. The van der Waals surface area contributed by atoms with Crippen molar-refractivity contribution >= 4 is 17.6 Å². The fourth-order valence-electron chi connectivity index (χ4n) is 1.92. The van der Waals surface area contributed by atoms with Crippen LogP contribution in [0.4, 0.5) is 0 Å².